The second-order valence-electron chi connectivity index (χ2n) is 6.11. The van der Waals surface area contributed by atoms with Crippen LogP contribution in [0.1, 0.15) is 28.1 Å². The first-order valence-electron chi connectivity index (χ1n) is 8.26. The number of esters is 1. The quantitative estimate of drug-likeness (QED) is 0.738. The molecule has 4 rings (SSSR count). The predicted molar refractivity (Wildman–Crippen MR) is 93.6 cm³/mol. The lowest BCUT2D eigenvalue weighted by molar-refractivity contribution is -0.119. The highest BCUT2D eigenvalue weighted by Gasteiger charge is 2.16. The van der Waals surface area contributed by atoms with Crippen LogP contribution in [0.15, 0.2) is 52.9 Å². The van der Waals surface area contributed by atoms with E-state index in [1.807, 2.05) is 36.4 Å². The third-order valence-electron chi connectivity index (χ3n) is 4.34. The maximum atomic E-state index is 12.0. The fourth-order valence-corrected chi connectivity index (χ4v) is 3.13. The Balaban J connectivity index is 1.35. The summed E-state index contributed by atoms with van der Waals surface area (Å²) in [6.07, 6.45) is 3.29. The van der Waals surface area contributed by atoms with Gasteiger partial charge in [0, 0.05) is 11.1 Å². The van der Waals surface area contributed by atoms with Crippen molar-refractivity contribution in [3.63, 3.8) is 0 Å². The van der Waals surface area contributed by atoms with Crippen LogP contribution in [0.3, 0.4) is 0 Å². The standard InChI is InChI=1S/C20H17NO4/c22-19(21-16-9-8-13-5-3-6-14(13)10-16)12-24-20(23)18-11-15-4-1-2-7-17(15)25-18/h1-2,4,7-11H,3,5-6,12H2,(H,21,22). The predicted octanol–water partition coefficient (Wildman–Crippen LogP) is 3.72. The van der Waals surface area contributed by atoms with Crippen LogP contribution in [-0.4, -0.2) is 18.5 Å². The normalized spacial score (nSPS) is 12.8. The molecule has 0 fully saturated rings. The average Bonchev–Trinajstić information content (AvgIpc) is 3.25. The second-order valence-corrected chi connectivity index (χ2v) is 6.11. The number of fused-ring (bicyclic) bond motifs is 2. The van der Waals surface area contributed by atoms with Crippen molar-refractivity contribution in [3.05, 3.63) is 65.4 Å². The third kappa shape index (κ3) is 3.26. The van der Waals surface area contributed by atoms with Gasteiger partial charge < -0.3 is 14.5 Å². The first-order chi connectivity index (χ1) is 12.2. The summed E-state index contributed by atoms with van der Waals surface area (Å²) in [4.78, 5) is 24.0. The van der Waals surface area contributed by atoms with Gasteiger partial charge in [0.15, 0.2) is 6.61 Å². The van der Waals surface area contributed by atoms with Crippen molar-refractivity contribution in [2.24, 2.45) is 0 Å². The number of nitrogens with one attached hydrogen (secondary N) is 1. The first-order valence-corrected chi connectivity index (χ1v) is 8.26. The molecule has 5 nitrogen and oxygen atoms in total. The Bertz CT molecular complexity index is 924. The molecule has 25 heavy (non-hydrogen) atoms. The highest BCUT2D eigenvalue weighted by Crippen LogP contribution is 2.25. The minimum absolute atomic E-state index is 0.0894. The van der Waals surface area contributed by atoms with Gasteiger partial charge >= 0.3 is 5.97 Å². The van der Waals surface area contributed by atoms with Crippen molar-refractivity contribution in [1.82, 2.24) is 0 Å². The highest BCUT2D eigenvalue weighted by atomic mass is 16.5. The first kappa shape index (κ1) is 15.4. The van der Waals surface area contributed by atoms with E-state index < -0.39 is 5.97 Å². The van der Waals surface area contributed by atoms with Crippen molar-refractivity contribution in [2.75, 3.05) is 11.9 Å². The number of anilines is 1. The molecule has 0 spiro atoms. The van der Waals surface area contributed by atoms with Crippen molar-refractivity contribution < 1.29 is 18.7 Å². The Morgan fingerprint density at radius 3 is 2.76 bits per heavy atom. The van der Waals surface area contributed by atoms with Crippen LogP contribution >= 0.6 is 0 Å². The number of ether oxygens (including phenoxy) is 1. The lowest BCUT2D eigenvalue weighted by Crippen LogP contribution is -2.20. The fourth-order valence-electron chi connectivity index (χ4n) is 3.13. The van der Waals surface area contributed by atoms with Gasteiger partial charge in [-0.15, -0.1) is 0 Å². The van der Waals surface area contributed by atoms with Crippen LogP contribution in [-0.2, 0) is 22.4 Å². The summed E-state index contributed by atoms with van der Waals surface area (Å²) < 4.78 is 10.5. The fraction of sp³-hybridized carbons (Fsp3) is 0.200. The summed E-state index contributed by atoms with van der Waals surface area (Å²) in [5.74, 6) is -0.936. The Labute approximate surface area is 144 Å². The second kappa shape index (κ2) is 6.43. The summed E-state index contributed by atoms with van der Waals surface area (Å²) in [5, 5.41) is 3.57. The van der Waals surface area contributed by atoms with Gasteiger partial charge in [0.1, 0.15) is 5.58 Å². The molecule has 0 atom stereocenters. The van der Waals surface area contributed by atoms with Crippen LogP contribution in [0.5, 0.6) is 0 Å². The molecular weight excluding hydrogens is 318 g/mol. The van der Waals surface area contributed by atoms with Crippen LogP contribution in [0.25, 0.3) is 11.0 Å². The zero-order chi connectivity index (χ0) is 17.2. The van der Waals surface area contributed by atoms with Gasteiger partial charge in [-0.05, 0) is 54.7 Å². The van der Waals surface area contributed by atoms with E-state index in [0.29, 0.717) is 5.58 Å². The molecule has 2 aromatic carbocycles. The molecule has 0 unspecified atom stereocenters. The number of benzene rings is 2. The van der Waals surface area contributed by atoms with Gasteiger partial charge in [0.05, 0.1) is 0 Å². The van der Waals surface area contributed by atoms with E-state index in [-0.39, 0.29) is 18.3 Å². The molecule has 0 radical (unpaired) electrons. The van der Waals surface area contributed by atoms with Gasteiger partial charge in [0.2, 0.25) is 5.76 Å². The van der Waals surface area contributed by atoms with E-state index in [4.69, 9.17) is 9.15 Å². The van der Waals surface area contributed by atoms with Gasteiger partial charge in [0.25, 0.3) is 5.91 Å². The van der Waals surface area contributed by atoms with Gasteiger partial charge in [-0.1, -0.05) is 24.3 Å². The summed E-state index contributed by atoms with van der Waals surface area (Å²) in [6.45, 7) is -0.354. The van der Waals surface area contributed by atoms with E-state index in [0.717, 1.165) is 30.3 Å². The maximum absolute atomic E-state index is 12.0. The Morgan fingerprint density at radius 1 is 1.04 bits per heavy atom. The maximum Gasteiger partial charge on any atom is 0.374 e. The van der Waals surface area contributed by atoms with Crippen molar-refractivity contribution in [2.45, 2.75) is 19.3 Å². The number of rotatable bonds is 4. The molecule has 0 saturated carbocycles. The Morgan fingerprint density at radius 2 is 1.88 bits per heavy atom. The topological polar surface area (TPSA) is 68.5 Å². The third-order valence-corrected chi connectivity index (χ3v) is 4.34. The zero-order valence-electron chi connectivity index (χ0n) is 13.6. The lowest BCUT2D eigenvalue weighted by atomic mass is 10.1. The average molecular weight is 335 g/mol. The summed E-state index contributed by atoms with van der Waals surface area (Å²) >= 11 is 0. The van der Waals surface area contributed by atoms with E-state index in [1.54, 1.807) is 12.1 Å². The number of furan rings is 1. The van der Waals surface area contributed by atoms with Crippen LogP contribution in [0.2, 0.25) is 0 Å². The van der Waals surface area contributed by atoms with Gasteiger partial charge in [-0.25, -0.2) is 4.79 Å². The molecule has 1 aliphatic rings. The molecule has 0 bridgehead atoms. The molecule has 1 heterocycles. The number of hydrogen-bond donors (Lipinski definition) is 1. The molecule has 3 aromatic rings. The van der Waals surface area contributed by atoms with Gasteiger partial charge in [-0.2, -0.15) is 0 Å². The molecular formula is C20H17NO4. The number of amides is 1. The number of carbonyl (C=O) groups excluding carboxylic acids is 2. The van der Waals surface area contributed by atoms with Gasteiger partial charge in [-0.3, -0.25) is 4.79 Å². The zero-order valence-corrected chi connectivity index (χ0v) is 13.6. The van der Waals surface area contributed by atoms with Crippen molar-refractivity contribution >= 4 is 28.5 Å². The number of hydrogen-bond acceptors (Lipinski definition) is 4. The summed E-state index contributed by atoms with van der Waals surface area (Å²) in [6, 6.07) is 14.8. The van der Waals surface area contributed by atoms with Crippen LogP contribution < -0.4 is 5.32 Å². The lowest BCUT2D eigenvalue weighted by Gasteiger charge is -2.07. The van der Waals surface area contributed by atoms with Crippen molar-refractivity contribution in [1.29, 1.82) is 0 Å². The molecule has 5 heteroatoms. The minimum atomic E-state index is -0.652. The molecule has 1 amide bonds. The monoisotopic (exact) mass is 335 g/mol. The number of aryl methyl sites for hydroxylation is 2. The Kier molecular flexibility index (Phi) is 3.98. The SMILES string of the molecule is O=C(COC(=O)c1cc2ccccc2o1)Nc1ccc2c(c1)CCC2. The highest BCUT2D eigenvalue weighted by molar-refractivity contribution is 5.96. The molecule has 0 saturated heterocycles. The molecule has 1 aliphatic carbocycles. The van der Waals surface area contributed by atoms with Crippen molar-refractivity contribution in [3.8, 4) is 0 Å². The van der Waals surface area contributed by atoms with E-state index in [2.05, 4.69) is 5.32 Å². The molecule has 126 valence electrons. The summed E-state index contributed by atoms with van der Waals surface area (Å²) in [5.41, 5.74) is 3.95. The van der Waals surface area contributed by atoms with E-state index >= 15 is 0 Å². The van der Waals surface area contributed by atoms with Crippen LogP contribution in [0, 0.1) is 0 Å². The number of carbonyl (C=O) groups is 2. The smallest absolute Gasteiger partial charge is 0.374 e. The molecule has 0 aliphatic heterocycles. The van der Waals surface area contributed by atoms with Crippen LogP contribution in [0.4, 0.5) is 5.69 Å². The minimum Gasteiger partial charge on any atom is -0.450 e. The Hall–Kier alpha value is -3.08. The molecule has 1 aromatic heterocycles. The molecule has 1 N–H and O–H groups in total. The largest absolute Gasteiger partial charge is 0.450 e. The van der Waals surface area contributed by atoms with E-state index in [9.17, 15) is 9.59 Å². The summed E-state index contributed by atoms with van der Waals surface area (Å²) in [7, 11) is 0. The van der Waals surface area contributed by atoms with E-state index in [1.165, 1.54) is 11.1 Å². The number of para-hydroxylation sites is 1.